The van der Waals surface area contributed by atoms with Crippen molar-refractivity contribution in [2.24, 2.45) is 0 Å². The summed E-state index contributed by atoms with van der Waals surface area (Å²) >= 11 is 0. The third-order valence-electron chi connectivity index (χ3n) is 3.49. The number of para-hydroxylation sites is 1. The van der Waals surface area contributed by atoms with Crippen LogP contribution < -0.4 is 5.32 Å². The van der Waals surface area contributed by atoms with Gasteiger partial charge in [0.1, 0.15) is 0 Å². The predicted octanol–water partition coefficient (Wildman–Crippen LogP) is 4.49. The largest absolute Gasteiger partial charge is 0.471 e. The molecule has 0 aliphatic carbocycles. The molecule has 0 fully saturated rings. The van der Waals surface area contributed by atoms with Crippen LogP contribution in [0.4, 0.5) is 27.6 Å². The third-order valence-corrected chi connectivity index (χ3v) is 3.49. The highest BCUT2D eigenvalue weighted by Gasteiger charge is 2.41. The zero-order valence-electron chi connectivity index (χ0n) is 13.3. The summed E-state index contributed by atoms with van der Waals surface area (Å²) in [5.74, 6) is -7.36. The van der Waals surface area contributed by atoms with Crippen molar-refractivity contribution in [2.75, 3.05) is 5.32 Å². The van der Waals surface area contributed by atoms with Crippen molar-refractivity contribution in [3.05, 3.63) is 66.1 Å². The topological polar surface area (TPSA) is 68.0 Å². The van der Waals surface area contributed by atoms with Crippen LogP contribution >= 0.6 is 0 Å². The summed E-state index contributed by atoms with van der Waals surface area (Å²) in [5, 5.41) is 5.26. The number of rotatable bonds is 4. The van der Waals surface area contributed by atoms with Gasteiger partial charge in [-0.3, -0.25) is 4.79 Å². The fourth-order valence-electron chi connectivity index (χ4n) is 2.15. The number of hydrogen-bond acceptors (Lipinski definition) is 4. The number of carbonyl (C=O) groups excluding carboxylic acids is 1. The highest BCUT2D eigenvalue weighted by Crippen LogP contribution is 2.32. The molecule has 0 aliphatic rings. The quantitative estimate of drug-likeness (QED) is 0.675. The van der Waals surface area contributed by atoms with Gasteiger partial charge in [-0.2, -0.15) is 26.9 Å². The Morgan fingerprint density at radius 1 is 0.926 bits per heavy atom. The van der Waals surface area contributed by atoms with Crippen molar-refractivity contribution in [1.29, 1.82) is 0 Å². The first-order valence-corrected chi connectivity index (χ1v) is 7.44. The van der Waals surface area contributed by atoms with E-state index in [0.29, 0.717) is 0 Å². The lowest BCUT2D eigenvalue weighted by Crippen LogP contribution is -2.32. The van der Waals surface area contributed by atoms with Gasteiger partial charge in [-0.1, -0.05) is 47.6 Å². The van der Waals surface area contributed by atoms with Crippen LogP contribution in [0.1, 0.15) is 11.5 Å². The average molecular weight is 383 g/mol. The lowest BCUT2D eigenvalue weighted by Gasteiger charge is -2.16. The number of amides is 1. The molecule has 1 heterocycles. The number of carbonyl (C=O) groups is 1. The second kappa shape index (κ2) is 6.78. The summed E-state index contributed by atoms with van der Waals surface area (Å²) in [6, 6.07) is 11.7. The van der Waals surface area contributed by atoms with E-state index in [2.05, 4.69) is 20.0 Å². The molecule has 0 atom stereocenters. The number of anilines is 1. The fourth-order valence-corrected chi connectivity index (χ4v) is 2.15. The first-order chi connectivity index (χ1) is 12.7. The van der Waals surface area contributed by atoms with Crippen LogP contribution in [-0.2, 0) is 16.9 Å². The number of alkyl halides is 5. The van der Waals surface area contributed by atoms with E-state index in [1.807, 2.05) is 0 Å². The molecule has 1 aromatic heterocycles. The minimum absolute atomic E-state index is 0.0252. The van der Waals surface area contributed by atoms with Crippen LogP contribution in [0.3, 0.4) is 0 Å². The smallest absolute Gasteiger partial charge is 0.329 e. The van der Waals surface area contributed by atoms with E-state index in [4.69, 9.17) is 0 Å². The molecule has 0 spiro atoms. The van der Waals surface area contributed by atoms with Crippen LogP contribution in [0.5, 0.6) is 0 Å². The summed E-state index contributed by atoms with van der Waals surface area (Å²) in [6.45, 7) is 0. The van der Waals surface area contributed by atoms with E-state index < -0.39 is 35.3 Å². The Kier molecular flexibility index (Phi) is 4.64. The normalized spacial score (nSPS) is 12.0. The maximum Gasteiger partial charge on any atom is 0.471 e. The van der Waals surface area contributed by atoms with E-state index >= 15 is 0 Å². The van der Waals surface area contributed by atoms with Crippen LogP contribution in [0.15, 0.2) is 59.1 Å². The minimum atomic E-state index is -4.81. The molecule has 3 aromatic rings. The van der Waals surface area contributed by atoms with Gasteiger partial charge in [0.05, 0.1) is 0 Å². The second-order valence-electron chi connectivity index (χ2n) is 5.39. The van der Waals surface area contributed by atoms with E-state index in [1.165, 1.54) is 12.1 Å². The molecule has 0 saturated heterocycles. The van der Waals surface area contributed by atoms with Crippen LogP contribution in [0.2, 0.25) is 0 Å². The lowest BCUT2D eigenvalue weighted by atomic mass is 10.0. The van der Waals surface area contributed by atoms with E-state index in [1.54, 1.807) is 18.2 Å². The maximum atomic E-state index is 14.3. The van der Waals surface area contributed by atoms with Crippen LogP contribution in [0, 0.1) is 0 Å². The highest BCUT2D eigenvalue weighted by molar-refractivity contribution is 5.96. The molecular formula is C17H10F5N3O2. The number of benzene rings is 2. The van der Waals surface area contributed by atoms with Gasteiger partial charge in [-0.15, -0.1) is 0 Å². The average Bonchev–Trinajstić information content (AvgIpc) is 3.13. The van der Waals surface area contributed by atoms with E-state index in [0.717, 1.165) is 24.3 Å². The summed E-state index contributed by atoms with van der Waals surface area (Å²) < 4.78 is 70.1. The first kappa shape index (κ1) is 18.5. The number of aromatic nitrogens is 2. The van der Waals surface area contributed by atoms with E-state index in [-0.39, 0.29) is 11.3 Å². The highest BCUT2D eigenvalue weighted by atomic mass is 19.4. The summed E-state index contributed by atoms with van der Waals surface area (Å²) in [4.78, 5) is 15.0. The minimum Gasteiger partial charge on any atom is -0.329 e. The number of nitrogens with one attached hydrogen (secondary N) is 1. The van der Waals surface area contributed by atoms with Crippen LogP contribution in [0.25, 0.3) is 11.4 Å². The maximum absolute atomic E-state index is 14.3. The summed E-state index contributed by atoms with van der Waals surface area (Å²) in [7, 11) is 0. The molecule has 0 bridgehead atoms. The van der Waals surface area contributed by atoms with Crippen molar-refractivity contribution in [1.82, 2.24) is 10.1 Å². The van der Waals surface area contributed by atoms with E-state index in [9.17, 15) is 26.7 Å². The van der Waals surface area contributed by atoms with Gasteiger partial charge in [0, 0.05) is 16.8 Å². The molecule has 1 N–H and O–H groups in total. The molecule has 2 aromatic carbocycles. The zero-order chi connectivity index (χ0) is 19.7. The molecule has 3 rings (SSSR count). The Hall–Kier alpha value is -3.30. The monoisotopic (exact) mass is 383 g/mol. The molecule has 27 heavy (non-hydrogen) atoms. The Morgan fingerprint density at radius 2 is 1.56 bits per heavy atom. The molecule has 1 amide bonds. The Labute approximate surface area is 148 Å². The van der Waals surface area contributed by atoms with Gasteiger partial charge in [0.2, 0.25) is 5.82 Å². The molecule has 0 radical (unpaired) electrons. The van der Waals surface area contributed by atoms with Crippen molar-refractivity contribution < 1.29 is 31.3 Å². The third kappa shape index (κ3) is 3.94. The van der Waals surface area contributed by atoms with Gasteiger partial charge >= 0.3 is 18.0 Å². The molecule has 10 heteroatoms. The molecule has 140 valence electrons. The van der Waals surface area contributed by atoms with Gasteiger partial charge < -0.3 is 9.84 Å². The Morgan fingerprint density at radius 3 is 2.11 bits per heavy atom. The van der Waals surface area contributed by atoms with Crippen molar-refractivity contribution in [3.63, 3.8) is 0 Å². The summed E-state index contributed by atoms with van der Waals surface area (Å²) in [5.41, 5.74) is -0.415. The number of hydrogen-bond donors (Lipinski definition) is 1. The molecule has 0 unspecified atom stereocenters. The molecule has 0 saturated carbocycles. The second-order valence-corrected chi connectivity index (χ2v) is 5.39. The number of halogens is 5. The van der Waals surface area contributed by atoms with Crippen LogP contribution in [-0.4, -0.2) is 16.0 Å². The van der Waals surface area contributed by atoms with Crippen molar-refractivity contribution >= 4 is 11.6 Å². The number of nitrogens with zero attached hydrogens (tertiary/aromatic N) is 2. The lowest BCUT2D eigenvalue weighted by molar-refractivity contribution is -0.159. The molecule has 5 nitrogen and oxygen atoms in total. The standard InChI is InChI=1S/C17H10F5N3O2/c18-16(19,14(26)23-12-4-2-1-3-5-12)11-8-6-10(7-9-11)13-24-15(27-25-13)17(20,21)22/h1-9H,(H,23,26). The summed E-state index contributed by atoms with van der Waals surface area (Å²) in [6.07, 6.45) is -4.81. The van der Waals surface area contributed by atoms with Gasteiger partial charge in [0.25, 0.3) is 5.91 Å². The first-order valence-electron chi connectivity index (χ1n) is 7.44. The molecule has 0 aliphatic heterocycles. The van der Waals surface area contributed by atoms with Gasteiger partial charge in [-0.25, -0.2) is 0 Å². The Balaban J connectivity index is 1.79. The van der Waals surface area contributed by atoms with Gasteiger partial charge in [-0.05, 0) is 12.1 Å². The fraction of sp³-hybridized carbons (Fsp3) is 0.118. The Bertz CT molecular complexity index is 937. The van der Waals surface area contributed by atoms with Gasteiger partial charge in [0.15, 0.2) is 0 Å². The predicted molar refractivity (Wildman–Crippen MR) is 83.7 cm³/mol. The SMILES string of the molecule is O=C(Nc1ccccc1)C(F)(F)c1ccc(-c2noc(C(F)(F)F)n2)cc1. The zero-order valence-corrected chi connectivity index (χ0v) is 13.3. The van der Waals surface area contributed by atoms with Crippen molar-refractivity contribution in [3.8, 4) is 11.4 Å². The van der Waals surface area contributed by atoms with Crippen molar-refractivity contribution in [2.45, 2.75) is 12.1 Å². The molecular weight excluding hydrogens is 373 g/mol.